The lowest BCUT2D eigenvalue weighted by molar-refractivity contribution is -0.129. The van der Waals surface area contributed by atoms with Gasteiger partial charge in [-0.3, -0.25) is 4.79 Å². The number of rotatable bonds is 3. The summed E-state index contributed by atoms with van der Waals surface area (Å²) < 4.78 is 11.2. The average Bonchev–Trinajstić information content (AvgIpc) is 3.27. The zero-order chi connectivity index (χ0) is 20.5. The molecular weight excluding hydrogens is 378 g/mol. The molecule has 5 heteroatoms. The molecule has 0 aliphatic heterocycles. The molecule has 2 aliphatic rings. The highest BCUT2D eigenvalue weighted by atomic mass is 16.5. The minimum atomic E-state index is -0.629. The number of allylic oxidation sites excluding steroid dienone is 1. The van der Waals surface area contributed by atoms with E-state index in [1.807, 2.05) is 42.5 Å². The highest BCUT2D eigenvalue weighted by Gasteiger charge is 2.30. The van der Waals surface area contributed by atoms with Crippen molar-refractivity contribution >= 4 is 34.3 Å². The fourth-order valence-electron chi connectivity index (χ4n) is 4.52. The van der Waals surface area contributed by atoms with Crippen molar-refractivity contribution in [2.24, 2.45) is 0 Å². The molecule has 2 aromatic heterocycles. The normalized spacial score (nSPS) is 20.3. The summed E-state index contributed by atoms with van der Waals surface area (Å²) in [7, 11) is 0. The largest absolute Gasteiger partial charge is 0.465 e. The number of hydrogen-bond donors (Lipinski definition) is 0. The Labute approximate surface area is 174 Å². The molecule has 152 valence electrons. The lowest BCUT2D eigenvalue weighted by Gasteiger charge is -2.24. The van der Waals surface area contributed by atoms with Gasteiger partial charge in [-0.15, -0.1) is 0 Å². The molecule has 0 N–H and O–H groups in total. The van der Waals surface area contributed by atoms with Crippen LogP contribution in [0, 0.1) is 0 Å². The maximum atomic E-state index is 13.3. The minimum absolute atomic E-state index is 0.0280. The Morgan fingerprint density at radius 2 is 1.97 bits per heavy atom. The van der Waals surface area contributed by atoms with Crippen molar-refractivity contribution in [1.29, 1.82) is 0 Å². The summed E-state index contributed by atoms with van der Waals surface area (Å²) in [5, 5.41) is 0.781. The van der Waals surface area contributed by atoms with E-state index in [1.54, 1.807) is 6.26 Å². The van der Waals surface area contributed by atoms with Gasteiger partial charge in [0, 0.05) is 11.8 Å². The van der Waals surface area contributed by atoms with Gasteiger partial charge in [0.1, 0.15) is 5.76 Å². The van der Waals surface area contributed by atoms with Gasteiger partial charge in [0.05, 0.1) is 23.0 Å². The van der Waals surface area contributed by atoms with Crippen LogP contribution in [0.2, 0.25) is 0 Å². The van der Waals surface area contributed by atoms with Crippen LogP contribution in [-0.2, 0) is 16.0 Å². The molecular formula is C25H23NO4. The van der Waals surface area contributed by atoms with Crippen molar-refractivity contribution < 1.29 is 18.7 Å². The Morgan fingerprint density at radius 3 is 2.80 bits per heavy atom. The molecule has 1 fully saturated rings. The summed E-state index contributed by atoms with van der Waals surface area (Å²) in [6.45, 7) is 0. The van der Waals surface area contributed by atoms with Crippen LogP contribution in [0.25, 0.3) is 22.6 Å². The first kappa shape index (κ1) is 18.8. The topological polar surface area (TPSA) is 69.4 Å². The maximum absolute atomic E-state index is 13.3. The quantitative estimate of drug-likeness (QED) is 0.552. The van der Waals surface area contributed by atoms with Gasteiger partial charge in [0.2, 0.25) is 0 Å². The molecule has 3 aromatic rings. The molecule has 0 radical (unpaired) electrons. The molecule has 0 amide bonds. The number of aromatic nitrogens is 1. The number of pyridine rings is 1. The molecule has 1 saturated carbocycles. The van der Waals surface area contributed by atoms with Gasteiger partial charge in [0.15, 0.2) is 11.9 Å². The molecule has 5 rings (SSSR count). The predicted octanol–water partition coefficient (Wildman–Crippen LogP) is 5.37. The Hall–Kier alpha value is -3.21. The van der Waals surface area contributed by atoms with Crippen molar-refractivity contribution in [3.63, 3.8) is 0 Å². The number of carbonyl (C=O) groups is 2. The number of ketones is 1. The Balaban J connectivity index is 1.62. The van der Waals surface area contributed by atoms with E-state index in [9.17, 15) is 9.59 Å². The number of furan rings is 1. The predicted molar refractivity (Wildman–Crippen MR) is 114 cm³/mol. The van der Waals surface area contributed by atoms with E-state index in [2.05, 4.69) is 0 Å². The van der Waals surface area contributed by atoms with E-state index in [1.165, 1.54) is 0 Å². The number of Topliss-reactive ketones (excluding diaryl/α,β-unsaturated/α-hetero) is 1. The zero-order valence-corrected chi connectivity index (χ0v) is 16.7. The van der Waals surface area contributed by atoms with Gasteiger partial charge in [0.25, 0.3) is 0 Å². The number of carbonyl (C=O) groups excluding carboxylic acids is 2. The Kier molecular flexibility index (Phi) is 4.95. The molecule has 2 aliphatic carbocycles. The minimum Gasteiger partial charge on any atom is -0.465 e. The van der Waals surface area contributed by atoms with E-state index in [0.29, 0.717) is 18.4 Å². The van der Waals surface area contributed by atoms with Crippen LogP contribution in [-0.4, -0.2) is 22.8 Å². The van der Waals surface area contributed by atoms with Crippen molar-refractivity contribution in [3.05, 3.63) is 65.2 Å². The fraction of sp³-hybridized carbons (Fsp3) is 0.320. The third-order valence-electron chi connectivity index (χ3n) is 5.98. The second kappa shape index (κ2) is 7.90. The highest BCUT2D eigenvalue weighted by molar-refractivity contribution is 6.07. The molecule has 0 spiro atoms. The van der Waals surface area contributed by atoms with E-state index >= 15 is 0 Å². The Morgan fingerprint density at radius 1 is 1.07 bits per heavy atom. The number of ether oxygens (including phenoxy) is 1. The van der Waals surface area contributed by atoms with Crippen LogP contribution < -0.4 is 0 Å². The van der Waals surface area contributed by atoms with Gasteiger partial charge in [-0.05, 0) is 73.9 Å². The van der Waals surface area contributed by atoms with Crippen LogP contribution in [0.1, 0.15) is 65.9 Å². The second-order valence-electron chi connectivity index (χ2n) is 7.98. The third kappa shape index (κ3) is 3.45. The van der Waals surface area contributed by atoms with E-state index in [0.717, 1.165) is 65.6 Å². The summed E-state index contributed by atoms with van der Waals surface area (Å²) >= 11 is 0. The number of hydrogen-bond acceptors (Lipinski definition) is 5. The number of benzene rings is 1. The third-order valence-corrected chi connectivity index (χ3v) is 5.98. The van der Waals surface area contributed by atoms with Crippen molar-refractivity contribution in [2.75, 3.05) is 0 Å². The summed E-state index contributed by atoms with van der Waals surface area (Å²) in [5.41, 5.74) is 4.11. The molecule has 5 nitrogen and oxygen atoms in total. The summed E-state index contributed by atoms with van der Waals surface area (Å²) in [6.07, 6.45) is 8.45. The van der Waals surface area contributed by atoms with Gasteiger partial charge in [-0.1, -0.05) is 18.2 Å². The smallest absolute Gasteiger partial charge is 0.339 e. The summed E-state index contributed by atoms with van der Waals surface area (Å²) in [5.74, 6) is 0.384. The molecule has 2 heterocycles. The van der Waals surface area contributed by atoms with Crippen LogP contribution in [0.15, 0.2) is 47.1 Å². The molecule has 1 aromatic carbocycles. The van der Waals surface area contributed by atoms with E-state index in [4.69, 9.17) is 14.1 Å². The van der Waals surface area contributed by atoms with Crippen LogP contribution in [0.5, 0.6) is 0 Å². The lowest BCUT2D eigenvalue weighted by atomic mass is 9.86. The van der Waals surface area contributed by atoms with Crippen molar-refractivity contribution in [1.82, 2.24) is 4.98 Å². The fourth-order valence-corrected chi connectivity index (χ4v) is 4.52. The number of esters is 1. The van der Waals surface area contributed by atoms with Crippen LogP contribution in [0.4, 0.5) is 0 Å². The van der Waals surface area contributed by atoms with Gasteiger partial charge >= 0.3 is 5.97 Å². The van der Waals surface area contributed by atoms with Gasteiger partial charge < -0.3 is 9.15 Å². The first-order valence-corrected chi connectivity index (χ1v) is 10.6. The first-order valence-electron chi connectivity index (χ1n) is 10.6. The monoisotopic (exact) mass is 401 g/mol. The van der Waals surface area contributed by atoms with Crippen molar-refractivity contribution in [2.45, 2.75) is 51.0 Å². The zero-order valence-electron chi connectivity index (χ0n) is 16.7. The van der Waals surface area contributed by atoms with Crippen LogP contribution in [0.3, 0.4) is 0 Å². The number of para-hydroxylation sites is 1. The first-order chi connectivity index (χ1) is 14.7. The van der Waals surface area contributed by atoms with Gasteiger partial charge in [-0.25, -0.2) is 9.78 Å². The summed E-state index contributed by atoms with van der Waals surface area (Å²) in [4.78, 5) is 30.5. The number of nitrogens with zero attached hydrogens (tertiary/aromatic N) is 1. The SMILES string of the molecule is O=C(OC1CCCCC1=O)c1c2c(nc3ccccc13)/C(=C\c1ccco1)CCC2. The summed E-state index contributed by atoms with van der Waals surface area (Å²) in [6, 6.07) is 11.4. The van der Waals surface area contributed by atoms with Crippen LogP contribution >= 0.6 is 0 Å². The Bertz CT molecular complexity index is 1140. The van der Waals surface area contributed by atoms with Gasteiger partial charge in [-0.2, -0.15) is 0 Å². The molecule has 0 bridgehead atoms. The molecule has 0 saturated heterocycles. The van der Waals surface area contributed by atoms with E-state index in [-0.39, 0.29) is 5.78 Å². The molecule has 30 heavy (non-hydrogen) atoms. The average molecular weight is 401 g/mol. The standard InChI is InChI=1S/C25H23NO4/c27-21-12-3-4-13-22(21)30-25(28)23-18-9-1-2-11-20(18)26-24-16(7-5-10-19(23)24)15-17-8-6-14-29-17/h1-2,6,8-9,11,14-15,22H,3-5,7,10,12-13H2/b16-15-. The molecule has 1 atom stereocenters. The second-order valence-corrected chi connectivity index (χ2v) is 7.98. The highest BCUT2D eigenvalue weighted by Crippen LogP contribution is 2.36. The maximum Gasteiger partial charge on any atom is 0.339 e. The van der Waals surface area contributed by atoms with E-state index < -0.39 is 12.1 Å². The van der Waals surface area contributed by atoms with Crippen molar-refractivity contribution in [3.8, 4) is 0 Å². The lowest BCUT2D eigenvalue weighted by Crippen LogP contribution is -2.30. The molecule has 1 unspecified atom stereocenters. The number of fused-ring (bicyclic) bond motifs is 2.